The number of hydrogen-bond donors (Lipinski definition) is 1. The summed E-state index contributed by atoms with van der Waals surface area (Å²) in [5.41, 5.74) is 2.42. The summed E-state index contributed by atoms with van der Waals surface area (Å²) < 4.78 is 16.9. The maximum absolute atomic E-state index is 12.5. The van der Waals surface area contributed by atoms with Gasteiger partial charge in [-0.25, -0.2) is 9.78 Å². The predicted octanol–water partition coefficient (Wildman–Crippen LogP) is 4.82. The second-order valence-electron chi connectivity index (χ2n) is 6.51. The predicted molar refractivity (Wildman–Crippen MR) is 113 cm³/mol. The number of rotatable bonds is 6. The van der Waals surface area contributed by atoms with Crippen molar-refractivity contribution in [3.8, 4) is 5.75 Å². The van der Waals surface area contributed by atoms with Crippen LogP contribution < -0.4 is 10.1 Å². The highest BCUT2D eigenvalue weighted by Crippen LogP contribution is 2.27. The van der Waals surface area contributed by atoms with Crippen molar-refractivity contribution < 1.29 is 23.5 Å². The van der Waals surface area contributed by atoms with E-state index in [1.54, 1.807) is 36.4 Å². The number of ether oxygens (including phenoxy) is 2. The van der Waals surface area contributed by atoms with Gasteiger partial charge in [-0.3, -0.25) is 10.1 Å². The molecule has 1 amide bonds. The van der Waals surface area contributed by atoms with Crippen LogP contribution in [0.1, 0.15) is 32.2 Å². The van der Waals surface area contributed by atoms with E-state index < -0.39 is 5.97 Å². The number of thiazole rings is 1. The Hall–Kier alpha value is -3.65. The van der Waals surface area contributed by atoms with Crippen molar-refractivity contribution in [2.24, 2.45) is 0 Å². The molecule has 152 valence electrons. The average Bonchev–Trinajstić information content (AvgIpc) is 3.38. The quantitative estimate of drug-likeness (QED) is 0.448. The number of furan rings is 1. The number of nitrogens with zero attached hydrogens (tertiary/aromatic N) is 1. The number of amides is 1. The molecule has 0 saturated heterocycles. The normalized spacial score (nSPS) is 10.7. The molecule has 8 heteroatoms. The van der Waals surface area contributed by atoms with Gasteiger partial charge in [0.25, 0.3) is 5.91 Å². The molecule has 4 rings (SSSR count). The first-order valence-corrected chi connectivity index (χ1v) is 9.92. The van der Waals surface area contributed by atoms with Crippen molar-refractivity contribution >= 4 is 38.6 Å². The summed E-state index contributed by atoms with van der Waals surface area (Å²) in [5.74, 6) is 0.447. The van der Waals surface area contributed by atoms with E-state index in [2.05, 4.69) is 15.0 Å². The first kappa shape index (κ1) is 19.7. The standard InChI is InChI=1S/C22H18N2O5S/c1-13-3-9-17-19(11-13)30-22(23-17)24-20(25)18-10-8-16(29-18)12-28-15-6-4-14(5-7-15)21(26)27-2/h3-11H,12H2,1-2H3,(H,23,24,25). The van der Waals surface area contributed by atoms with Crippen LogP contribution >= 0.6 is 11.3 Å². The zero-order chi connectivity index (χ0) is 21.1. The lowest BCUT2D eigenvalue weighted by Crippen LogP contribution is -2.10. The number of fused-ring (bicyclic) bond motifs is 1. The van der Waals surface area contributed by atoms with Crippen molar-refractivity contribution in [2.45, 2.75) is 13.5 Å². The van der Waals surface area contributed by atoms with Crippen LogP contribution in [0.15, 0.2) is 59.0 Å². The number of methoxy groups -OCH3 is 1. The molecule has 1 N–H and O–H groups in total. The third-order valence-corrected chi connectivity index (χ3v) is 5.24. The lowest BCUT2D eigenvalue weighted by Gasteiger charge is -2.05. The maximum Gasteiger partial charge on any atom is 0.337 e. The van der Waals surface area contributed by atoms with Crippen molar-refractivity contribution in [2.75, 3.05) is 12.4 Å². The summed E-state index contributed by atoms with van der Waals surface area (Å²) in [4.78, 5) is 28.3. The minimum Gasteiger partial charge on any atom is -0.486 e. The fraction of sp³-hybridized carbons (Fsp3) is 0.136. The van der Waals surface area contributed by atoms with Crippen molar-refractivity contribution in [3.63, 3.8) is 0 Å². The van der Waals surface area contributed by atoms with Gasteiger partial charge in [0.05, 0.1) is 22.9 Å². The van der Waals surface area contributed by atoms with Crippen molar-refractivity contribution in [1.29, 1.82) is 0 Å². The van der Waals surface area contributed by atoms with Gasteiger partial charge in [0.15, 0.2) is 10.9 Å². The molecule has 2 heterocycles. The van der Waals surface area contributed by atoms with Crippen molar-refractivity contribution in [3.05, 3.63) is 77.2 Å². The molecule has 7 nitrogen and oxygen atoms in total. The highest BCUT2D eigenvalue weighted by molar-refractivity contribution is 7.22. The Bertz CT molecular complexity index is 1210. The number of hydrogen-bond acceptors (Lipinski definition) is 7. The van der Waals surface area contributed by atoms with Gasteiger partial charge in [-0.05, 0) is 61.0 Å². The second-order valence-corrected chi connectivity index (χ2v) is 7.55. The minimum atomic E-state index is -0.411. The molecule has 0 saturated carbocycles. The van der Waals surface area contributed by atoms with Crippen LogP contribution in [-0.2, 0) is 11.3 Å². The topological polar surface area (TPSA) is 90.7 Å². The third kappa shape index (κ3) is 4.33. The molecule has 0 bridgehead atoms. The van der Waals surface area contributed by atoms with Gasteiger partial charge in [0, 0.05) is 0 Å². The van der Waals surface area contributed by atoms with Gasteiger partial charge >= 0.3 is 5.97 Å². The smallest absolute Gasteiger partial charge is 0.337 e. The van der Waals surface area contributed by atoms with Gasteiger partial charge < -0.3 is 13.9 Å². The molecular formula is C22H18N2O5S. The molecule has 0 atom stereocenters. The van der Waals surface area contributed by atoms with Crippen LogP contribution in [-0.4, -0.2) is 24.0 Å². The van der Waals surface area contributed by atoms with Crippen LogP contribution in [0, 0.1) is 6.92 Å². The molecule has 0 radical (unpaired) electrons. The van der Waals surface area contributed by atoms with Gasteiger partial charge in [-0.1, -0.05) is 17.4 Å². The largest absolute Gasteiger partial charge is 0.486 e. The number of carbonyl (C=O) groups excluding carboxylic acids is 2. The summed E-state index contributed by atoms with van der Waals surface area (Å²) in [6.45, 7) is 2.16. The molecule has 0 fully saturated rings. The van der Waals surface area contributed by atoms with Crippen LogP contribution in [0.2, 0.25) is 0 Å². The first-order chi connectivity index (χ1) is 14.5. The average molecular weight is 422 g/mol. The number of benzene rings is 2. The van der Waals surface area contributed by atoms with E-state index in [9.17, 15) is 9.59 Å². The van der Waals surface area contributed by atoms with Crippen LogP contribution in [0.3, 0.4) is 0 Å². The van der Waals surface area contributed by atoms with E-state index >= 15 is 0 Å². The molecular weight excluding hydrogens is 404 g/mol. The molecule has 2 aromatic carbocycles. The minimum absolute atomic E-state index is 0.144. The van der Waals surface area contributed by atoms with E-state index in [1.807, 2.05) is 25.1 Å². The Labute approximate surface area is 176 Å². The molecule has 0 spiro atoms. The lowest BCUT2D eigenvalue weighted by molar-refractivity contribution is 0.0600. The Kier molecular flexibility index (Phi) is 5.49. The van der Waals surface area contributed by atoms with E-state index in [4.69, 9.17) is 9.15 Å². The number of anilines is 1. The SMILES string of the molecule is COC(=O)c1ccc(OCc2ccc(C(=O)Nc3nc4ccc(C)cc4s3)o2)cc1. The summed E-state index contributed by atoms with van der Waals surface area (Å²) in [5, 5.41) is 3.28. The Morgan fingerprint density at radius 3 is 2.67 bits per heavy atom. The van der Waals surface area contributed by atoms with E-state index in [0.717, 1.165) is 15.8 Å². The van der Waals surface area contributed by atoms with Crippen LogP contribution in [0.4, 0.5) is 5.13 Å². The fourth-order valence-corrected chi connectivity index (χ4v) is 3.74. The molecule has 0 unspecified atom stereocenters. The van der Waals surface area contributed by atoms with Gasteiger partial charge in [-0.2, -0.15) is 0 Å². The van der Waals surface area contributed by atoms with E-state index in [-0.39, 0.29) is 18.3 Å². The third-order valence-electron chi connectivity index (χ3n) is 4.31. The maximum atomic E-state index is 12.5. The Morgan fingerprint density at radius 1 is 1.10 bits per heavy atom. The number of aromatic nitrogens is 1. The molecule has 2 aromatic heterocycles. The molecule has 4 aromatic rings. The highest BCUT2D eigenvalue weighted by Gasteiger charge is 2.14. The summed E-state index contributed by atoms with van der Waals surface area (Å²) >= 11 is 1.41. The monoisotopic (exact) mass is 422 g/mol. The Balaban J connectivity index is 1.37. The van der Waals surface area contributed by atoms with Crippen LogP contribution in [0.5, 0.6) is 5.75 Å². The fourth-order valence-electron chi connectivity index (χ4n) is 2.78. The summed E-state index contributed by atoms with van der Waals surface area (Å²) in [6.07, 6.45) is 0. The van der Waals surface area contributed by atoms with Gasteiger partial charge in [-0.15, -0.1) is 0 Å². The van der Waals surface area contributed by atoms with Crippen molar-refractivity contribution in [1.82, 2.24) is 4.98 Å². The molecule has 0 aliphatic carbocycles. The lowest BCUT2D eigenvalue weighted by atomic mass is 10.2. The number of carbonyl (C=O) groups is 2. The van der Waals surface area contributed by atoms with Crippen LogP contribution in [0.25, 0.3) is 10.2 Å². The number of esters is 1. The van der Waals surface area contributed by atoms with E-state index in [1.165, 1.54) is 18.4 Å². The number of aryl methyl sites for hydroxylation is 1. The zero-order valence-electron chi connectivity index (χ0n) is 16.3. The summed E-state index contributed by atoms with van der Waals surface area (Å²) in [7, 11) is 1.33. The molecule has 30 heavy (non-hydrogen) atoms. The molecule has 0 aliphatic rings. The first-order valence-electron chi connectivity index (χ1n) is 9.10. The van der Waals surface area contributed by atoms with Gasteiger partial charge in [0.2, 0.25) is 0 Å². The Morgan fingerprint density at radius 2 is 1.90 bits per heavy atom. The second kappa shape index (κ2) is 8.38. The highest BCUT2D eigenvalue weighted by atomic mass is 32.1. The number of nitrogens with one attached hydrogen (secondary N) is 1. The van der Waals surface area contributed by atoms with Gasteiger partial charge in [0.1, 0.15) is 18.1 Å². The summed E-state index contributed by atoms with van der Waals surface area (Å²) in [6, 6.07) is 15.8. The zero-order valence-corrected chi connectivity index (χ0v) is 17.1. The van der Waals surface area contributed by atoms with E-state index in [0.29, 0.717) is 22.2 Å². The molecule has 0 aliphatic heterocycles.